The molecular weight excluding hydrogens is 823 g/mol. The van der Waals surface area contributed by atoms with E-state index in [4.69, 9.17) is 4.42 Å². The maximum atomic E-state index is 6.52. The Morgan fingerprint density at radius 3 is 1.57 bits per heavy atom. The summed E-state index contributed by atoms with van der Waals surface area (Å²) in [6, 6.07) is 93.0. The summed E-state index contributed by atoms with van der Waals surface area (Å²) in [5.74, 6) is 0. The molecule has 12 aromatic rings. The Morgan fingerprint density at radius 2 is 0.838 bits per heavy atom. The van der Waals surface area contributed by atoms with Gasteiger partial charge in [0.05, 0.1) is 17.1 Å². The van der Waals surface area contributed by atoms with Crippen LogP contribution in [0.25, 0.3) is 88.3 Å². The molecule has 0 N–H and O–H groups in total. The molecule has 1 aliphatic carbocycles. The van der Waals surface area contributed by atoms with Crippen molar-refractivity contribution in [3.8, 4) is 55.6 Å². The topological polar surface area (TPSA) is 16.4 Å². The van der Waals surface area contributed by atoms with E-state index in [1.807, 2.05) is 6.07 Å². The fraction of sp³-hybridized carbons (Fsp3) is 0.0303. The molecule has 320 valence electrons. The molecule has 2 nitrogen and oxygen atoms in total. The first kappa shape index (κ1) is 39.6. The third-order valence-electron chi connectivity index (χ3n) is 14.4. The molecule has 13 rings (SSSR count). The highest BCUT2D eigenvalue weighted by molar-refractivity contribution is 6.10. The van der Waals surface area contributed by atoms with Gasteiger partial charge in [-0.2, -0.15) is 0 Å². The number of anilines is 3. The molecule has 1 aliphatic rings. The molecule has 11 aromatic carbocycles. The van der Waals surface area contributed by atoms with Crippen molar-refractivity contribution in [1.82, 2.24) is 0 Å². The van der Waals surface area contributed by atoms with Crippen LogP contribution in [0.3, 0.4) is 0 Å². The Balaban J connectivity index is 1.07. The van der Waals surface area contributed by atoms with Crippen LogP contribution in [-0.4, -0.2) is 0 Å². The van der Waals surface area contributed by atoms with E-state index in [9.17, 15) is 0 Å². The smallest absolute Gasteiger partial charge is 0.136 e. The molecule has 0 radical (unpaired) electrons. The summed E-state index contributed by atoms with van der Waals surface area (Å²) in [5.41, 5.74) is 20.4. The summed E-state index contributed by atoms with van der Waals surface area (Å²) in [4.78, 5) is 2.51. The van der Waals surface area contributed by atoms with Gasteiger partial charge >= 0.3 is 0 Å². The standard InChI is InChI=1S/C66H45NO/c1-66(48-24-6-3-7-25-48)58-33-13-8-28-52(58)53-40-38-46(42-59(53)66)49-26-9-14-34-60(49)67(61-35-15-10-27-50(61)47-39-41-56-55-30-12-17-37-63(55)68-64(56)43-47)62-36-16-11-29-54(62)57-32-19-23-45-22-18-31-51(65(45)57)44-20-4-2-5-21-44/h2-43H,1H3. The molecule has 0 aliphatic heterocycles. The van der Waals surface area contributed by atoms with Crippen LogP contribution in [0.4, 0.5) is 17.1 Å². The maximum absolute atomic E-state index is 6.52. The lowest BCUT2D eigenvalue weighted by Gasteiger charge is -2.32. The second-order valence-electron chi connectivity index (χ2n) is 18.1. The zero-order valence-electron chi connectivity index (χ0n) is 37.6. The molecule has 0 spiro atoms. The molecular formula is C66H45NO. The fourth-order valence-electron chi connectivity index (χ4n) is 11.2. The lowest BCUT2D eigenvalue weighted by molar-refractivity contribution is 0.669. The Bertz CT molecular complexity index is 3880. The van der Waals surface area contributed by atoms with Crippen molar-refractivity contribution in [1.29, 1.82) is 0 Å². The van der Waals surface area contributed by atoms with Gasteiger partial charge in [0.15, 0.2) is 0 Å². The van der Waals surface area contributed by atoms with Crippen molar-refractivity contribution in [2.75, 3.05) is 4.90 Å². The van der Waals surface area contributed by atoms with Gasteiger partial charge in [0.2, 0.25) is 0 Å². The minimum atomic E-state index is -0.336. The van der Waals surface area contributed by atoms with E-state index in [-0.39, 0.29) is 5.41 Å². The van der Waals surface area contributed by atoms with Crippen molar-refractivity contribution < 1.29 is 4.42 Å². The normalized spacial score (nSPS) is 14.0. The third-order valence-corrected chi connectivity index (χ3v) is 14.4. The lowest BCUT2D eigenvalue weighted by atomic mass is 9.74. The molecule has 68 heavy (non-hydrogen) atoms. The summed E-state index contributed by atoms with van der Waals surface area (Å²) in [6.45, 7) is 2.40. The Morgan fingerprint density at radius 1 is 0.324 bits per heavy atom. The highest BCUT2D eigenvalue weighted by atomic mass is 16.3. The number of para-hydroxylation sites is 4. The summed E-state index contributed by atoms with van der Waals surface area (Å²) < 4.78 is 6.52. The highest BCUT2D eigenvalue weighted by Gasteiger charge is 2.41. The van der Waals surface area contributed by atoms with Crippen molar-refractivity contribution in [2.45, 2.75) is 12.3 Å². The van der Waals surface area contributed by atoms with Crippen molar-refractivity contribution >= 4 is 49.8 Å². The van der Waals surface area contributed by atoms with Crippen LogP contribution < -0.4 is 4.90 Å². The van der Waals surface area contributed by atoms with E-state index >= 15 is 0 Å². The van der Waals surface area contributed by atoms with Crippen molar-refractivity contribution in [2.24, 2.45) is 0 Å². The van der Waals surface area contributed by atoms with Crippen LogP contribution in [0.1, 0.15) is 23.6 Å². The molecule has 1 aromatic heterocycles. The van der Waals surface area contributed by atoms with Crippen LogP contribution in [0.15, 0.2) is 259 Å². The van der Waals surface area contributed by atoms with Gasteiger partial charge in [0.1, 0.15) is 11.2 Å². The molecule has 1 atom stereocenters. The Hall–Kier alpha value is -8.72. The molecule has 0 amide bonds. The zero-order chi connectivity index (χ0) is 45.2. The quantitative estimate of drug-likeness (QED) is 0.151. The largest absolute Gasteiger partial charge is 0.456 e. The average Bonchev–Trinajstić information content (AvgIpc) is 3.91. The Kier molecular flexibility index (Phi) is 9.33. The molecule has 0 saturated heterocycles. The van der Waals surface area contributed by atoms with Gasteiger partial charge in [-0.25, -0.2) is 0 Å². The van der Waals surface area contributed by atoms with Crippen molar-refractivity contribution in [3.63, 3.8) is 0 Å². The van der Waals surface area contributed by atoms with E-state index in [0.29, 0.717) is 0 Å². The number of hydrogen-bond acceptors (Lipinski definition) is 2. The van der Waals surface area contributed by atoms with E-state index in [2.05, 4.69) is 261 Å². The van der Waals surface area contributed by atoms with Gasteiger partial charge in [-0.15, -0.1) is 0 Å². The minimum absolute atomic E-state index is 0.336. The zero-order valence-corrected chi connectivity index (χ0v) is 37.6. The molecule has 1 unspecified atom stereocenters. The fourth-order valence-corrected chi connectivity index (χ4v) is 11.2. The van der Waals surface area contributed by atoms with Crippen LogP contribution in [0, 0.1) is 0 Å². The van der Waals surface area contributed by atoms with Gasteiger partial charge in [-0.05, 0) is 116 Å². The number of furan rings is 1. The lowest BCUT2D eigenvalue weighted by Crippen LogP contribution is -2.22. The van der Waals surface area contributed by atoms with E-state index in [1.165, 1.54) is 55.3 Å². The van der Waals surface area contributed by atoms with Crippen LogP contribution in [0.2, 0.25) is 0 Å². The first-order valence-corrected chi connectivity index (χ1v) is 23.5. The van der Waals surface area contributed by atoms with Crippen LogP contribution in [0.5, 0.6) is 0 Å². The molecule has 1 heterocycles. The Labute approximate surface area is 396 Å². The predicted molar refractivity (Wildman–Crippen MR) is 285 cm³/mol. The van der Waals surface area contributed by atoms with E-state index in [0.717, 1.165) is 66.8 Å². The van der Waals surface area contributed by atoms with Gasteiger partial charge in [0, 0.05) is 32.9 Å². The van der Waals surface area contributed by atoms with Gasteiger partial charge in [-0.3, -0.25) is 0 Å². The molecule has 0 saturated carbocycles. The predicted octanol–water partition coefficient (Wildman–Crippen LogP) is 18.2. The molecule has 2 heteroatoms. The summed E-state index contributed by atoms with van der Waals surface area (Å²) in [5, 5.41) is 4.66. The summed E-state index contributed by atoms with van der Waals surface area (Å²) in [6.07, 6.45) is 0. The van der Waals surface area contributed by atoms with Crippen LogP contribution in [-0.2, 0) is 5.41 Å². The monoisotopic (exact) mass is 867 g/mol. The third kappa shape index (κ3) is 6.26. The minimum Gasteiger partial charge on any atom is -0.456 e. The van der Waals surface area contributed by atoms with E-state index < -0.39 is 0 Å². The number of nitrogens with zero attached hydrogens (tertiary/aromatic N) is 1. The van der Waals surface area contributed by atoms with Crippen molar-refractivity contribution in [3.05, 3.63) is 271 Å². The van der Waals surface area contributed by atoms with E-state index in [1.54, 1.807) is 0 Å². The second-order valence-corrected chi connectivity index (χ2v) is 18.1. The molecule has 0 fully saturated rings. The number of hydrogen-bond donors (Lipinski definition) is 0. The average molecular weight is 868 g/mol. The van der Waals surface area contributed by atoms with Gasteiger partial charge in [0.25, 0.3) is 0 Å². The molecule has 0 bridgehead atoms. The number of fused-ring (bicyclic) bond motifs is 7. The summed E-state index contributed by atoms with van der Waals surface area (Å²) in [7, 11) is 0. The van der Waals surface area contributed by atoms with Gasteiger partial charge in [-0.1, -0.05) is 212 Å². The number of rotatable bonds is 8. The highest BCUT2D eigenvalue weighted by Crippen LogP contribution is 2.55. The second kappa shape index (κ2) is 16.0. The first-order valence-electron chi connectivity index (χ1n) is 23.5. The SMILES string of the molecule is CC1(c2ccccc2)c2ccccc2-c2ccc(-c3ccccc3N(c3ccccc3-c3ccc4c(c3)oc3ccccc34)c3ccccc3-c3cccc4cccc(-c5ccccc5)c34)cc21. The number of benzene rings is 11. The first-order chi connectivity index (χ1) is 33.6. The van der Waals surface area contributed by atoms with Gasteiger partial charge < -0.3 is 9.32 Å². The summed E-state index contributed by atoms with van der Waals surface area (Å²) >= 11 is 0. The van der Waals surface area contributed by atoms with Crippen LogP contribution >= 0.6 is 0 Å². The maximum Gasteiger partial charge on any atom is 0.136 e.